The maximum Gasteiger partial charge on any atom is 0.389 e. The monoisotopic (exact) mass is 245 g/mol. The SMILES string of the molecule is O=C(Cc1ccccc1)Cn1ccc([N+](=O)[O-])n1. The molecule has 0 aliphatic rings. The van der Waals surface area contributed by atoms with E-state index in [1.165, 1.54) is 16.9 Å². The second-order valence-electron chi connectivity index (χ2n) is 3.83. The standard InChI is InChI=1S/C12H11N3O3/c16-11(8-10-4-2-1-3-5-10)9-14-7-6-12(13-14)15(17)18/h1-7H,8-9H2. The minimum Gasteiger partial charge on any atom is -0.358 e. The van der Waals surface area contributed by atoms with Gasteiger partial charge in [0, 0.05) is 6.42 Å². The van der Waals surface area contributed by atoms with E-state index in [1.54, 1.807) is 0 Å². The normalized spacial score (nSPS) is 10.2. The van der Waals surface area contributed by atoms with Gasteiger partial charge in [0.25, 0.3) is 0 Å². The van der Waals surface area contributed by atoms with Crippen molar-refractivity contribution in [3.05, 3.63) is 58.3 Å². The number of ketones is 1. The van der Waals surface area contributed by atoms with E-state index in [1.807, 2.05) is 30.3 Å². The van der Waals surface area contributed by atoms with Crippen molar-refractivity contribution in [1.29, 1.82) is 0 Å². The van der Waals surface area contributed by atoms with Gasteiger partial charge in [-0.15, -0.1) is 0 Å². The van der Waals surface area contributed by atoms with E-state index in [9.17, 15) is 14.9 Å². The van der Waals surface area contributed by atoms with Gasteiger partial charge in [-0.05, 0) is 10.5 Å². The zero-order chi connectivity index (χ0) is 13.0. The number of rotatable bonds is 5. The topological polar surface area (TPSA) is 78.0 Å². The van der Waals surface area contributed by atoms with Crippen LogP contribution in [0, 0.1) is 10.1 Å². The van der Waals surface area contributed by atoms with Gasteiger partial charge >= 0.3 is 5.82 Å². The van der Waals surface area contributed by atoms with E-state index < -0.39 is 4.92 Å². The number of aromatic nitrogens is 2. The zero-order valence-electron chi connectivity index (χ0n) is 9.52. The van der Waals surface area contributed by atoms with Crippen LogP contribution in [0.5, 0.6) is 0 Å². The molecule has 6 nitrogen and oxygen atoms in total. The lowest BCUT2D eigenvalue weighted by atomic mass is 10.1. The predicted octanol–water partition coefficient (Wildman–Crippen LogP) is 1.60. The molecule has 0 bridgehead atoms. The number of carbonyl (C=O) groups is 1. The average molecular weight is 245 g/mol. The third-order valence-electron chi connectivity index (χ3n) is 2.40. The van der Waals surface area contributed by atoms with Crippen molar-refractivity contribution in [3.63, 3.8) is 0 Å². The summed E-state index contributed by atoms with van der Waals surface area (Å²) in [5.74, 6) is -0.290. The molecule has 0 unspecified atom stereocenters. The Bertz CT molecular complexity index is 563. The fourth-order valence-corrected chi connectivity index (χ4v) is 1.60. The van der Waals surface area contributed by atoms with Gasteiger partial charge in [0.2, 0.25) is 0 Å². The summed E-state index contributed by atoms with van der Waals surface area (Å²) in [5.41, 5.74) is 0.921. The van der Waals surface area contributed by atoms with Crippen LogP contribution in [0.15, 0.2) is 42.6 Å². The predicted molar refractivity (Wildman–Crippen MR) is 64.0 cm³/mol. The van der Waals surface area contributed by atoms with Crippen LogP contribution in [-0.4, -0.2) is 20.5 Å². The van der Waals surface area contributed by atoms with Crippen molar-refractivity contribution in [2.75, 3.05) is 0 Å². The van der Waals surface area contributed by atoms with Crippen molar-refractivity contribution in [1.82, 2.24) is 9.78 Å². The Morgan fingerprint density at radius 3 is 2.61 bits per heavy atom. The molecule has 0 amide bonds. The van der Waals surface area contributed by atoms with Crippen LogP contribution in [0.1, 0.15) is 5.56 Å². The Morgan fingerprint density at radius 2 is 2.00 bits per heavy atom. The number of nitrogens with zero attached hydrogens (tertiary/aromatic N) is 3. The van der Waals surface area contributed by atoms with E-state index in [4.69, 9.17) is 0 Å². The number of hydrogen-bond donors (Lipinski definition) is 0. The van der Waals surface area contributed by atoms with Crippen molar-refractivity contribution in [3.8, 4) is 0 Å². The number of Topliss-reactive ketones (excluding diaryl/α,β-unsaturated/α-hetero) is 1. The summed E-state index contributed by atoms with van der Waals surface area (Å²) >= 11 is 0. The minimum atomic E-state index is -0.585. The Balaban J connectivity index is 1.97. The first-order valence-electron chi connectivity index (χ1n) is 5.38. The smallest absolute Gasteiger partial charge is 0.358 e. The van der Waals surface area contributed by atoms with Gasteiger partial charge in [0.05, 0.1) is 17.4 Å². The molecule has 0 radical (unpaired) electrons. The maximum absolute atomic E-state index is 11.7. The average Bonchev–Trinajstić information content (AvgIpc) is 2.78. The summed E-state index contributed by atoms with van der Waals surface area (Å²) < 4.78 is 1.28. The lowest BCUT2D eigenvalue weighted by Gasteiger charge is -1.99. The largest absolute Gasteiger partial charge is 0.389 e. The zero-order valence-corrected chi connectivity index (χ0v) is 9.52. The van der Waals surface area contributed by atoms with Gasteiger partial charge in [-0.3, -0.25) is 4.79 Å². The van der Waals surface area contributed by atoms with Crippen LogP contribution in [0.3, 0.4) is 0 Å². The number of hydrogen-bond acceptors (Lipinski definition) is 4. The van der Waals surface area contributed by atoms with Gasteiger partial charge in [0.15, 0.2) is 5.78 Å². The highest BCUT2D eigenvalue weighted by molar-refractivity contribution is 5.80. The fourth-order valence-electron chi connectivity index (χ4n) is 1.60. The first kappa shape index (κ1) is 12.0. The Hall–Kier alpha value is -2.50. The highest BCUT2D eigenvalue weighted by Crippen LogP contribution is 2.06. The third kappa shape index (κ3) is 3.00. The summed E-state index contributed by atoms with van der Waals surface area (Å²) in [6, 6.07) is 10.6. The molecule has 0 atom stereocenters. The molecule has 0 saturated carbocycles. The molecule has 2 aromatic rings. The first-order chi connectivity index (χ1) is 8.65. The fraction of sp³-hybridized carbons (Fsp3) is 0.167. The maximum atomic E-state index is 11.7. The quantitative estimate of drug-likeness (QED) is 0.592. The van der Waals surface area contributed by atoms with E-state index in [0.29, 0.717) is 6.42 Å². The van der Waals surface area contributed by atoms with Crippen LogP contribution in [0.2, 0.25) is 0 Å². The molecule has 0 N–H and O–H groups in total. The summed E-state index contributed by atoms with van der Waals surface area (Å²) in [4.78, 5) is 21.6. The molecule has 1 aromatic heterocycles. The summed E-state index contributed by atoms with van der Waals surface area (Å²) in [6.07, 6.45) is 1.73. The second kappa shape index (κ2) is 5.22. The Morgan fingerprint density at radius 1 is 1.28 bits per heavy atom. The van der Waals surface area contributed by atoms with Crippen molar-refractivity contribution in [2.45, 2.75) is 13.0 Å². The molecule has 0 aliphatic carbocycles. The Kier molecular flexibility index (Phi) is 3.47. The van der Waals surface area contributed by atoms with Crippen LogP contribution >= 0.6 is 0 Å². The summed E-state index contributed by atoms with van der Waals surface area (Å²) in [5, 5.41) is 14.1. The molecule has 6 heteroatoms. The highest BCUT2D eigenvalue weighted by atomic mass is 16.6. The van der Waals surface area contributed by atoms with E-state index >= 15 is 0 Å². The molecule has 18 heavy (non-hydrogen) atoms. The summed E-state index contributed by atoms with van der Waals surface area (Å²) in [7, 11) is 0. The number of benzene rings is 1. The first-order valence-corrected chi connectivity index (χ1v) is 5.38. The lowest BCUT2D eigenvalue weighted by molar-refractivity contribution is -0.389. The molecule has 0 aliphatic heterocycles. The van der Waals surface area contributed by atoms with Gasteiger partial charge < -0.3 is 10.1 Å². The molecular weight excluding hydrogens is 234 g/mol. The van der Waals surface area contributed by atoms with E-state index in [2.05, 4.69) is 5.10 Å². The lowest BCUT2D eigenvalue weighted by Crippen LogP contribution is -2.13. The van der Waals surface area contributed by atoms with Crippen molar-refractivity contribution < 1.29 is 9.72 Å². The molecule has 1 aromatic carbocycles. The van der Waals surface area contributed by atoms with Crippen molar-refractivity contribution >= 4 is 11.6 Å². The van der Waals surface area contributed by atoms with Gasteiger partial charge in [-0.25, -0.2) is 0 Å². The minimum absolute atomic E-state index is 0.0424. The molecule has 1 heterocycles. The second-order valence-corrected chi connectivity index (χ2v) is 3.83. The van der Waals surface area contributed by atoms with Crippen LogP contribution in [-0.2, 0) is 17.8 Å². The Labute approximate surface area is 103 Å². The molecule has 2 rings (SSSR count). The highest BCUT2D eigenvalue weighted by Gasteiger charge is 2.13. The molecular formula is C12H11N3O3. The third-order valence-corrected chi connectivity index (χ3v) is 2.40. The number of carbonyl (C=O) groups excluding carboxylic acids is 1. The van der Waals surface area contributed by atoms with Gasteiger partial charge in [-0.1, -0.05) is 30.3 Å². The summed E-state index contributed by atoms with van der Waals surface area (Å²) in [6.45, 7) is 0.0444. The van der Waals surface area contributed by atoms with Crippen LogP contribution in [0.4, 0.5) is 5.82 Å². The van der Waals surface area contributed by atoms with Gasteiger partial charge in [0.1, 0.15) is 6.54 Å². The molecule has 0 saturated heterocycles. The molecule has 92 valence electrons. The van der Waals surface area contributed by atoms with E-state index in [-0.39, 0.29) is 18.1 Å². The van der Waals surface area contributed by atoms with Crippen LogP contribution < -0.4 is 0 Å². The van der Waals surface area contributed by atoms with Gasteiger partial charge in [-0.2, -0.15) is 4.68 Å². The number of nitro groups is 1. The van der Waals surface area contributed by atoms with Crippen LogP contribution in [0.25, 0.3) is 0 Å². The molecule has 0 fully saturated rings. The van der Waals surface area contributed by atoms with E-state index in [0.717, 1.165) is 5.56 Å². The molecule has 0 spiro atoms. The van der Waals surface area contributed by atoms with Crippen molar-refractivity contribution in [2.24, 2.45) is 0 Å².